The smallest absolute Gasteiger partial charge is 0.335 e. The molecule has 0 spiro atoms. The molecule has 122 valence electrons. The van der Waals surface area contributed by atoms with Crippen LogP contribution in [-0.4, -0.2) is 45.7 Å². The number of carbonyl (C=O) groups is 2. The molecule has 1 aromatic carbocycles. The molecular formula is C15H16N2O4S2. The van der Waals surface area contributed by atoms with E-state index in [2.05, 4.69) is 10.3 Å². The fraction of sp³-hybridized carbons (Fsp3) is 0.400. The molecule has 0 aliphatic carbocycles. The van der Waals surface area contributed by atoms with Gasteiger partial charge in [-0.25, -0.2) is 9.78 Å². The van der Waals surface area contributed by atoms with Crippen molar-refractivity contribution in [3.8, 4) is 0 Å². The zero-order chi connectivity index (χ0) is 16.4. The number of rotatable bonds is 5. The Hall–Kier alpha value is -1.64. The number of nitrogens with zero attached hydrogens (tertiary/aromatic N) is 1. The number of carboxylic acid groups (broad SMARTS) is 1. The number of amides is 1. The van der Waals surface area contributed by atoms with Crippen LogP contribution in [0.4, 0.5) is 5.13 Å². The number of carboxylic acids is 1. The van der Waals surface area contributed by atoms with Gasteiger partial charge in [0, 0.05) is 11.9 Å². The second-order valence-corrected chi connectivity index (χ2v) is 7.53. The lowest BCUT2D eigenvalue weighted by molar-refractivity contribution is -0.113. The van der Waals surface area contributed by atoms with Crippen molar-refractivity contribution in [2.75, 3.05) is 17.7 Å². The van der Waals surface area contributed by atoms with Crippen molar-refractivity contribution in [1.29, 1.82) is 0 Å². The van der Waals surface area contributed by atoms with E-state index in [9.17, 15) is 9.59 Å². The highest BCUT2D eigenvalue weighted by Crippen LogP contribution is 2.28. The summed E-state index contributed by atoms with van der Waals surface area (Å²) in [4.78, 5) is 27.3. The maximum absolute atomic E-state index is 12.0. The molecule has 1 aliphatic rings. The molecule has 1 aliphatic heterocycles. The number of ether oxygens (including phenoxy) is 1. The number of anilines is 1. The highest BCUT2D eigenvalue weighted by Gasteiger charge is 2.25. The molecule has 23 heavy (non-hydrogen) atoms. The fourth-order valence-corrected chi connectivity index (χ4v) is 4.35. The van der Waals surface area contributed by atoms with E-state index in [1.54, 1.807) is 23.9 Å². The maximum Gasteiger partial charge on any atom is 0.335 e. The van der Waals surface area contributed by atoms with E-state index in [4.69, 9.17) is 9.84 Å². The van der Waals surface area contributed by atoms with E-state index in [0.29, 0.717) is 21.7 Å². The van der Waals surface area contributed by atoms with Crippen molar-refractivity contribution in [2.24, 2.45) is 0 Å². The Balaban J connectivity index is 1.61. The molecule has 2 heterocycles. The molecule has 0 radical (unpaired) electrons. The molecule has 2 unspecified atom stereocenters. The highest BCUT2D eigenvalue weighted by molar-refractivity contribution is 8.00. The van der Waals surface area contributed by atoms with Crippen molar-refractivity contribution in [3.63, 3.8) is 0 Å². The second kappa shape index (κ2) is 6.86. The van der Waals surface area contributed by atoms with Gasteiger partial charge in [0.2, 0.25) is 5.91 Å². The number of hydrogen-bond donors (Lipinski definition) is 2. The fourth-order valence-electron chi connectivity index (χ4n) is 2.38. The summed E-state index contributed by atoms with van der Waals surface area (Å²) >= 11 is 2.87. The largest absolute Gasteiger partial charge is 0.478 e. The van der Waals surface area contributed by atoms with Crippen LogP contribution in [-0.2, 0) is 9.53 Å². The van der Waals surface area contributed by atoms with E-state index < -0.39 is 5.97 Å². The van der Waals surface area contributed by atoms with Gasteiger partial charge in [-0.15, -0.1) is 11.8 Å². The van der Waals surface area contributed by atoms with Gasteiger partial charge in [-0.1, -0.05) is 11.3 Å². The molecule has 8 heteroatoms. The SMILES string of the molecule is CC1OCCC1SCC(=O)Nc1nc2ccc(C(=O)O)cc2s1. The van der Waals surface area contributed by atoms with Crippen LogP contribution in [0.25, 0.3) is 10.2 Å². The van der Waals surface area contributed by atoms with Crippen LogP contribution in [0, 0.1) is 0 Å². The van der Waals surface area contributed by atoms with Gasteiger partial charge in [-0.05, 0) is 31.5 Å². The topological polar surface area (TPSA) is 88.5 Å². The maximum atomic E-state index is 12.0. The number of aromatic carboxylic acids is 1. The Morgan fingerprint density at radius 2 is 2.35 bits per heavy atom. The Morgan fingerprint density at radius 3 is 3.04 bits per heavy atom. The average molecular weight is 352 g/mol. The molecule has 1 amide bonds. The Bertz CT molecular complexity index is 746. The predicted octanol–water partition coefficient (Wildman–Crippen LogP) is 2.84. The molecule has 1 fully saturated rings. The molecule has 2 aromatic rings. The van der Waals surface area contributed by atoms with Gasteiger partial charge in [0.05, 0.1) is 27.6 Å². The van der Waals surface area contributed by atoms with Crippen molar-refractivity contribution >= 4 is 50.3 Å². The summed E-state index contributed by atoms with van der Waals surface area (Å²) in [5, 5.41) is 12.6. The summed E-state index contributed by atoms with van der Waals surface area (Å²) in [5.74, 6) is -0.726. The van der Waals surface area contributed by atoms with Gasteiger partial charge in [0.25, 0.3) is 0 Å². The molecule has 1 aromatic heterocycles. The third kappa shape index (κ3) is 3.82. The van der Waals surface area contributed by atoms with Crippen molar-refractivity contribution in [3.05, 3.63) is 23.8 Å². The normalized spacial score (nSPS) is 20.7. The third-order valence-corrected chi connectivity index (χ3v) is 6.03. The minimum atomic E-state index is -0.977. The van der Waals surface area contributed by atoms with Gasteiger partial charge >= 0.3 is 5.97 Å². The number of nitrogens with one attached hydrogen (secondary N) is 1. The first-order chi connectivity index (χ1) is 11.0. The minimum Gasteiger partial charge on any atom is -0.478 e. The number of benzene rings is 1. The Kier molecular flexibility index (Phi) is 4.84. The molecule has 0 bridgehead atoms. The lowest BCUT2D eigenvalue weighted by Gasteiger charge is -2.12. The molecule has 3 rings (SSSR count). The van der Waals surface area contributed by atoms with Crippen LogP contribution in [0.5, 0.6) is 0 Å². The van der Waals surface area contributed by atoms with Gasteiger partial charge < -0.3 is 15.2 Å². The molecule has 2 atom stereocenters. The number of fused-ring (bicyclic) bond motifs is 1. The zero-order valence-corrected chi connectivity index (χ0v) is 14.1. The van der Waals surface area contributed by atoms with Gasteiger partial charge in [-0.2, -0.15) is 0 Å². The van der Waals surface area contributed by atoms with Gasteiger partial charge in [0.1, 0.15) is 0 Å². The van der Waals surface area contributed by atoms with Crippen molar-refractivity contribution in [2.45, 2.75) is 24.7 Å². The standard InChI is InChI=1S/C15H16N2O4S2/c1-8-11(4-5-21-8)22-7-13(18)17-15-16-10-3-2-9(14(19)20)6-12(10)23-15/h2-3,6,8,11H,4-5,7H2,1H3,(H,19,20)(H,16,17,18). The second-order valence-electron chi connectivity index (χ2n) is 5.27. The number of thioether (sulfide) groups is 1. The minimum absolute atomic E-state index is 0.105. The first-order valence-electron chi connectivity index (χ1n) is 7.20. The number of thiazole rings is 1. The van der Waals surface area contributed by atoms with Crippen LogP contribution >= 0.6 is 23.1 Å². The van der Waals surface area contributed by atoms with E-state index in [1.165, 1.54) is 17.4 Å². The molecule has 6 nitrogen and oxygen atoms in total. The van der Waals surface area contributed by atoms with Gasteiger partial charge in [0.15, 0.2) is 5.13 Å². The van der Waals surface area contributed by atoms with Crippen LogP contribution in [0.15, 0.2) is 18.2 Å². The van der Waals surface area contributed by atoms with E-state index in [1.807, 2.05) is 6.92 Å². The summed E-state index contributed by atoms with van der Waals surface area (Å²) in [7, 11) is 0. The summed E-state index contributed by atoms with van der Waals surface area (Å²) in [6.07, 6.45) is 1.16. The Morgan fingerprint density at radius 1 is 1.52 bits per heavy atom. The predicted molar refractivity (Wildman–Crippen MR) is 91.5 cm³/mol. The molecule has 1 saturated heterocycles. The third-order valence-electron chi connectivity index (χ3n) is 3.62. The lowest BCUT2D eigenvalue weighted by Crippen LogP contribution is -2.19. The summed E-state index contributed by atoms with van der Waals surface area (Å²) in [5.41, 5.74) is 0.894. The van der Waals surface area contributed by atoms with Crippen molar-refractivity contribution < 1.29 is 19.4 Å². The summed E-state index contributed by atoms with van der Waals surface area (Å²) in [6.45, 7) is 2.78. The molecule has 2 N–H and O–H groups in total. The number of aromatic nitrogens is 1. The average Bonchev–Trinajstić information content (AvgIpc) is 3.09. The van der Waals surface area contributed by atoms with E-state index >= 15 is 0 Å². The van der Waals surface area contributed by atoms with Crippen LogP contribution in [0.1, 0.15) is 23.7 Å². The highest BCUT2D eigenvalue weighted by atomic mass is 32.2. The first kappa shape index (κ1) is 16.2. The molecular weight excluding hydrogens is 336 g/mol. The monoisotopic (exact) mass is 352 g/mol. The number of hydrogen-bond acceptors (Lipinski definition) is 6. The Labute approximate surface area is 141 Å². The van der Waals surface area contributed by atoms with Crippen LogP contribution in [0.2, 0.25) is 0 Å². The summed E-state index contributed by atoms with van der Waals surface area (Å²) in [6, 6.07) is 4.72. The van der Waals surface area contributed by atoms with Gasteiger partial charge in [-0.3, -0.25) is 4.79 Å². The zero-order valence-electron chi connectivity index (χ0n) is 12.4. The first-order valence-corrected chi connectivity index (χ1v) is 9.06. The number of carbonyl (C=O) groups excluding carboxylic acids is 1. The molecule has 0 saturated carbocycles. The quantitative estimate of drug-likeness (QED) is 0.860. The van der Waals surface area contributed by atoms with Crippen LogP contribution < -0.4 is 5.32 Å². The summed E-state index contributed by atoms with van der Waals surface area (Å²) < 4.78 is 6.22. The lowest BCUT2D eigenvalue weighted by atomic mass is 10.2. The van der Waals surface area contributed by atoms with E-state index in [-0.39, 0.29) is 17.6 Å². The van der Waals surface area contributed by atoms with E-state index in [0.717, 1.165) is 17.7 Å². The van der Waals surface area contributed by atoms with Crippen molar-refractivity contribution in [1.82, 2.24) is 4.98 Å². The van der Waals surface area contributed by atoms with Crippen LogP contribution in [0.3, 0.4) is 0 Å².